The smallest absolute Gasteiger partial charge is 0.131 e. The molecule has 17 heavy (non-hydrogen) atoms. The molecule has 0 aromatic heterocycles. The molecular weight excluding hydrogens is 237 g/mol. The normalized spacial score (nSPS) is 22.6. The second kappa shape index (κ2) is 5.27. The van der Waals surface area contributed by atoms with Crippen LogP contribution in [0.15, 0.2) is 18.2 Å². The first-order chi connectivity index (χ1) is 8.11. The molecule has 1 aliphatic heterocycles. The van der Waals surface area contributed by atoms with Crippen molar-refractivity contribution in [3.8, 4) is 0 Å². The van der Waals surface area contributed by atoms with E-state index in [-0.39, 0.29) is 5.82 Å². The minimum atomic E-state index is -0.770. The van der Waals surface area contributed by atoms with E-state index in [1.807, 2.05) is 17.8 Å². The van der Waals surface area contributed by atoms with Gasteiger partial charge >= 0.3 is 0 Å². The SMILES string of the molecule is CC(O)c1c(F)cccc1N1CCSCC1C. The highest BCUT2D eigenvalue weighted by Gasteiger charge is 2.24. The van der Waals surface area contributed by atoms with Crippen LogP contribution in [-0.2, 0) is 0 Å². The number of halogens is 1. The number of thioether (sulfide) groups is 1. The molecule has 2 unspecified atom stereocenters. The van der Waals surface area contributed by atoms with Crippen LogP contribution >= 0.6 is 11.8 Å². The Labute approximate surface area is 106 Å². The lowest BCUT2D eigenvalue weighted by molar-refractivity contribution is 0.194. The average Bonchev–Trinajstić information content (AvgIpc) is 2.28. The highest BCUT2D eigenvalue weighted by molar-refractivity contribution is 7.99. The first kappa shape index (κ1) is 12.7. The van der Waals surface area contributed by atoms with Crippen molar-refractivity contribution in [2.75, 3.05) is 23.0 Å². The van der Waals surface area contributed by atoms with Gasteiger partial charge in [0.05, 0.1) is 6.10 Å². The predicted molar refractivity (Wildman–Crippen MR) is 71.2 cm³/mol. The maximum Gasteiger partial charge on any atom is 0.131 e. The summed E-state index contributed by atoms with van der Waals surface area (Å²) in [6.07, 6.45) is -0.770. The monoisotopic (exact) mass is 255 g/mol. The number of aliphatic hydroxyl groups is 1. The summed E-state index contributed by atoms with van der Waals surface area (Å²) in [6, 6.07) is 5.41. The van der Waals surface area contributed by atoms with Crippen molar-refractivity contribution in [2.24, 2.45) is 0 Å². The molecule has 1 aromatic rings. The summed E-state index contributed by atoms with van der Waals surface area (Å²) < 4.78 is 13.8. The number of rotatable bonds is 2. The highest BCUT2D eigenvalue weighted by atomic mass is 32.2. The summed E-state index contributed by atoms with van der Waals surface area (Å²) in [6.45, 7) is 4.67. The predicted octanol–water partition coefficient (Wildman–Crippen LogP) is 2.82. The van der Waals surface area contributed by atoms with E-state index in [0.717, 1.165) is 23.7 Å². The number of nitrogens with zero attached hydrogens (tertiary/aromatic N) is 1. The highest BCUT2D eigenvalue weighted by Crippen LogP contribution is 2.32. The fourth-order valence-electron chi connectivity index (χ4n) is 2.27. The van der Waals surface area contributed by atoms with Crippen LogP contribution < -0.4 is 4.90 Å². The molecule has 0 saturated carbocycles. The third-order valence-electron chi connectivity index (χ3n) is 3.12. The topological polar surface area (TPSA) is 23.5 Å². The molecule has 4 heteroatoms. The molecule has 0 radical (unpaired) electrons. The minimum Gasteiger partial charge on any atom is -0.389 e. The Morgan fingerprint density at radius 1 is 1.53 bits per heavy atom. The molecule has 0 spiro atoms. The van der Waals surface area contributed by atoms with Crippen LogP contribution in [-0.4, -0.2) is 29.2 Å². The van der Waals surface area contributed by atoms with Gasteiger partial charge in [0, 0.05) is 35.3 Å². The van der Waals surface area contributed by atoms with Crippen molar-refractivity contribution >= 4 is 17.4 Å². The summed E-state index contributed by atoms with van der Waals surface area (Å²) in [7, 11) is 0. The molecule has 2 atom stereocenters. The van der Waals surface area contributed by atoms with Crippen molar-refractivity contribution in [3.05, 3.63) is 29.6 Å². The third-order valence-corrected chi connectivity index (χ3v) is 4.31. The van der Waals surface area contributed by atoms with Crippen molar-refractivity contribution in [2.45, 2.75) is 26.0 Å². The summed E-state index contributed by atoms with van der Waals surface area (Å²) in [5.41, 5.74) is 1.26. The van der Waals surface area contributed by atoms with Gasteiger partial charge in [-0.2, -0.15) is 11.8 Å². The Hall–Kier alpha value is -0.740. The van der Waals surface area contributed by atoms with Gasteiger partial charge in [-0.25, -0.2) is 4.39 Å². The van der Waals surface area contributed by atoms with Gasteiger partial charge < -0.3 is 10.0 Å². The standard InChI is InChI=1S/C13H18FNOS/c1-9-8-17-7-6-15(9)12-5-3-4-11(14)13(12)10(2)16/h3-5,9-10,16H,6-8H2,1-2H3. The van der Waals surface area contributed by atoms with Crippen LogP contribution in [0.5, 0.6) is 0 Å². The largest absolute Gasteiger partial charge is 0.389 e. The zero-order valence-electron chi connectivity index (χ0n) is 10.2. The number of aliphatic hydroxyl groups excluding tert-OH is 1. The van der Waals surface area contributed by atoms with Crippen molar-refractivity contribution in [3.63, 3.8) is 0 Å². The van der Waals surface area contributed by atoms with Crippen LogP contribution in [0.25, 0.3) is 0 Å². The Morgan fingerprint density at radius 3 is 2.94 bits per heavy atom. The van der Waals surface area contributed by atoms with Crippen LogP contribution in [0.2, 0.25) is 0 Å². The van der Waals surface area contributed by atoms with Crippen LogP contribution in [0.4, 0.5) is 10.1 Å². The number of benzene rings is 1. The molecule has 0 aliphatic carbocycles. The van der Waals surface area contributed by atoms with Gasteiger partial charge in [0.15, 0.2) is 0 Å². The second-order valence-corrected chi connectivity index (χ2v) is 5.62. The second-order valence-electron chi connectivity index (χ2n) is 4.47. The summed E-state index contributed by atoms with van der Waals surface area (Å²) in [4.78, 5) is 2.20. The molecule has 1 N–H and O–H groups in total. The zero-order chi connectivity index (χ0) is 12.4. The van der Waals surface area contributed by atoms with E-state index in [1.54, 1.807) is 13.0 Å². The van der Waals surface area contributed by atoms with Crippen molar-refractivity contribution < 1.29 is 9.50 Å². The molecule has 1 aromatic carbocycles. The van der Waals surface area contributed by atoms with Gasteiger partial charge in [0.25, 0.3) is 0 Å². The summed E-state index contributed by atoms with van der Waals surface area (Å²) in [5, 5.41) is 9.73. The van der Waals surface area contributed by atoms with Gasteiger partial charge in [-0.3, -0.25) is 0 Å². The molecule has 1 aliphatic rings. The van der Waals surface area contributed by atoms with E-state index in [1.165, 1.54) is 6.07 Å². The minimum absolute atomic E-state index is 0.317. The Kier molecular flexibility index (Phi) is 3.94. The van der Waals surface area contributed by atoms with Gasteiger partial charge in [-0.05, 0) is 26.0 Å². The van der Waals surface area contributed by atoms with Gasteiger partial charge in [-0.1, -0.05) is 6.07 Å². The molecule has 0 bridgehead atoms. The molecule has 1 saturated heterocycles. The average molecular weight is 255 g/mol. The fraction of sp³-hybridized carbons (Fsp3) is 0.538. The zero-order valence-corrected chi connectivity index (χ0v) is 11.0. The molecule has 2 nitrogen and oxygen atoms in total. The quantitative estimate of drug-likeness (QED) is 0.879. The molecule has 1 heterocycles. The molecule has 2 rings (SSSR count). The van der Waals surface area contributed by atoms with E-state index in [4.69, 9.17) is 0 Å². The Balaban J connectivity index is 2.40. The van der Waals surface area contributed by atoms with Crippen LogP contribution in [0.3, 0.4) is 0 Å². The van der Waals surface area contributed by atoms with Gasteiger partial charge in [0.1, 0.15) is 5.82 Å². The Morgan fingerprint density at radius 2 is 2.29 bits per heavy atom. The van der Waals surface area contributed by atoms with Crippen LogP contribution in [0.1, 0.15) is 25.5 Å². The number of hydrogen-bond acceptors (Lipinski definition) is 3. The maximum atomic E-state index is 13.8. The maximum absolute atomic E-state index is 13.8. The first-order valence-electron chi connectivity index (χ1n) is 5.92. The van der Waals surface area contributed by atoms with E-state index in [0.29, 0.717) is 11.6 Å². The third kappa shape index (κ3) is 2.58. The lowest BCUT2D eigenvalue weighted by atomic mass is 10.1. The fourth-order valence-corrected chi connectivity index (χ4v) is 3.29. The Bertz CT molecular complexity index is 397. The van der Waals surface area contributed by atoms with Crippen molar-refractivity contribution in [1.29, 1.82) is 0 Å². The van der Waals surface area contributed by atoms with E-state index >= 15 is 0 Å². The van der Waals surface area contributed by atoms with Crippen LogP contribution in [0, 0.1) is 5.82 Å². The van der Waals surface area contributed by atoms with E-state index < -0.39 is 6.10 Å². The number of hydrogen-bond donors (Lipinski definition) is 1. The molecule has 0 amide bonds. The molecule has 1 fully saturated rings. The van der Waals surface area contributed by atoms with E-state index in [2.05, 4.69) is 11.8 Å². The van der Waals surface area contributed by atoms with Gasteiger partial charge in [0.2, 0.25) is 0 Å². The first-order valence-corrected chi connectivity index (χ1v) is 7.07. The van der Waals surface area contributed by atoms with Crippen molar-refractivity contribution in [1.82, 2.24) is 0 Å². The summed E-state index contributed by atoms with van der Waals surface area (Å²) in [5.74, 6) is 1.79. The molecule has 94 valence electrons. The molecular formula is C13H18FNOS. The van der Waals surface area contributed by atoms with E-state index in [9.17, 15) is 9.50 Å². The van der Waals surface area contributed by atoms with Gasteiger partial charge in [-0.15, -0.1) is 0 Å². The lowest BCUT2D eigenvalue weighted by Gasteiger charge is -2.36. The number of anilines is 1. The summed E-state index contributed by atoms with van der Waals surface area (Å²) >= 11 is 1.92. The lowest BCUT2D eigenvalue weighted by Crippen LogP contribution is -2.41.